The topological polar surface area (TPSA) is 83.1 Å². The van der Waals surface area contributed by atoms with E-state index in [-0.39, 0.29) is 11.8 Å². The number of nitrogens with one attached hydrogen (secondary N) is 3. The van der Waals surface area contributed by atoms with Gasteiger partial charge in [0, 0.05) is 18.3 Å². The highest BCUT2D eigenvalue weighted by molar-refractivity contribution is 5.91. The summed E-state index contributed by atoms with van der Waals surface area (Å²) in [5.41, 5.74) is 4.53. The van der Waals surface area contributed by atoms with Crippen molar-refractivity contribution in [2.75, 3.05) is 16.0 Å². The van der Waals surface area contributed by atoms with E-state index in [0.717, 1.165) is 22.6 Å². The smallest absolute Gasteiger partial charge is 0.229 e. The number of aromatic nitrogens is 1. The van der Waals surface area contributed by atoms with Gasteiger partial charge < -0.3 is 16.0 Å². The molecule has 0 saturated heterocycles. The Hall–Kier alpha value is -3.67. The van der Waals surface area contributed by atoms with E-state index in [4.69, 9.17) is 0 Å². The van der Waals surface area contributed by atoms with Crippen molar-refractivity contribution in [3.8, 4) is 0 Å². The van der Waals surface area contributed by atoms with Gasteiger partial charge in [-0.25, -0.2) is 4.98 Å². The molecule has 0 aliphatic heterocycles. The fourth-order valence-corrected chi connectivity index (χ4v) is 2.63. The maximum atomic E-state index is 12.2. The molecule has 6 nitrogen and oxygen atoms in total. The lowest BCUT2D eigenvalue weighted by Gasteiger charge is -2.09. The number of aryl methyl sites for hydroxylation is 1. The van der Waals surface area contributed by atoms with E-state index in [1.807, 2.05) is 61.5 Å². The van der Waals surface area contributed by atoms with Crippen molar-refractivity contribution in [2.45, 2.75) is 20.3 Å². The minimum Gasteiger partial charge on any atom is -0.354 e. The number of carbonyl (C=O) groups is 2. The summed E-state index contributed by atoms with van der Waals surface area (Å²) < 4.78 is 0. The second-order valence-corrected chi connectivity index (χ2v) is 6.53. The van der Waals surface area contributed by atoms with Gasteiger partial charge >= 0.3 is 0 Å². The number of benzene rings is 2. The minimum atomic E-state index is -0.107. The van der Waals surface area contributed by atoms with Crippen molar-refractivity contribution in [1.82, 2.24) is 4.98 Å². The van der Waals surface area contributed by atoms with Crippen LogP contribution in [0.2, 0.25) is 0 Å². The molecule has 0 spiro atoms. The molecule has 3 rings (SSSR count). The van der Waals surface area contributed by atoms with E-state index in [2.05, 4.69) is 20.9 Å². The Balaban J connectivity index is 1.55. The van der Waals surface area contributed by atoms with Crippen LogP contribution < -0.4 is 16.0 Å². The molecule has 0 saturated carbocycles. The molecule has 0 aliphatic carbocycles. The predicted molar refractivity (Wildman–Crippen MR) is 112 cm³/mol. The average molecular weight is 374 g/mol. The molecule has 2 amide bonds. The summed E-state index contributed by atoms with van der Waals surface area (Å²) in [4.78, 5) is 27.5. The first-order valence-corrected chi connectivity index (χ1v) is 8.94. The van der Waals surface area contributed by atoms with Gasteiger partial charge in [-0.3, -0.25) is 9.59 Å². The van der Waals surface area contributed by atoms with Crippen LogP contribution in [0.3, 0.4) is 0 Å². The van der Waals surface area contributed by atoms with Gasteiger partial charge in [-0.05, 0) is 48.9 Å². The first-order chi connectivity index (χ1) is 13.5. The standard InChI is InChI=1S/C22H22N4O2/c1-15-3-5-17(6-4-15)13-22(28)26-21-12-11-20(14-23-21)25-19-9-7-18(8-10-19)24-16(2)27/h3-12,14,25H,13H2,1-2H3,(H,24,27)(H,23,26,28). The summed E-state index contributed by atoms with van der Waals surface area (Å²) >= 11 is 0. The molecule has 0 atom stereocenters. The molecule has 3 N–H and O–H groups in total. The molecule has 1 aromatic heterocycles. The van der Waals surface area contributed by atoms with Crippen LogP contribution in [0, 0.1) is 6.92 Å². The van der Waals surface area contributed by atoms with Crippen molar-refractivity contribution in [2.24, 2.45) is 0 Å². The number of pyridine rings is 1. The third kappa shape index (κ3) is 5.67. The lowest BCUT2D eigenvalue weighted by atomic mass is 10.1. The zero-order valence-electron chi connectivity index (χ0n) is 15.8. The second kappa shape index (κ2) is 8.81. The van der Waals surface area contributed by atoms with E-state index in [1.54, 1.807) is 12.3 Å². The first-order valence-electron chi connectivity index (χ1n) is 8.94. The second-order valence-electron chi connectivity index (χ2n) is 6.53. The molecule has 0 unspecified atom stereocenters. The van der Waals surface area contributed by atoms with Crippen LogP contribution in [0.1, 0.15) is 18.1 Å². The van der Waals surface area contributed by atoms with E-state index in [0.29, 0.717) is 12.2 Å². The Labute approximate surface area is 164 Å². The van der Waals surface area contributed by atoms with E-state index < -0.39 is 0 Å². The zero-order chi connectivity index (χ0) is 19.9. The number of rotatable bonds is 6. The largest absolute Gasteiger partial charge is 0.354 e. The van der Waals surface area contributed by atoms with Gasteiger partial charge in [0.25, 0.3) is 0 Å². The van der Waals surface area contributed by atoms with Gasteiger partial charge in [-0.15, -0.1) is 0 Å². The molecule has 1 heterocycles. The van der Waals surface area contributed by atoms with Crippen LogP contribution in [-0.4, -0.2) is 16.8 Å². The van der Waals surface area contributed by atoms with Crippen LogP contribution >= 0.6 is 0 Å². The number of amides is 2. The van der Waals surface area contributed by atoms with E-state index in [1.165, 1.54) is 12.5 Å². The molecule has 28 heavy (non-hydrogen) atoms. The van der Waals surface area contributed by atoms with Crippen molar-refractivity contribution >= 4 is 34.7 Å². The molecule has 0 aliphatic rings. The minimum absolute atomic E-state index is 0.106. The number of hydrogen-bond donors (Lipinski definition) is 3. The molecular weight excluding hydrogens is 352 g/mol. The summed E-state index contributed by atoms with van der Waals surface area (Å²) in [6.45, 7) is 3.49. The Kier molecular flexibility index (Phi) is 6.01. The summed E-state index contributed by atoms with van der Waals surface area (Å²) in [6, 6.07) is 18.8. The molecule has 0 radical (unpaired) electrons. The molecule has 3 aromatic rings. The van der Waals surface area contributed by atoms with Gasteiger partial charge in [0.1, 0.15) is 5.82 Å². The van der Waals surface area contributed by atoms with Gasteiger partial charge in [0.05, 0.1) is 18.3 Å². The molecule has 142 valence electrons. The van der Waals surface area contributed by atoms with Crippen molar-refractivity contribution in [3.63, 3.8) is 0 Å². The summed E-state index contributed by atoms with van der Waals surface area (Å²) in [5, 5.41) is 8.75. The summed E-state index contributed by atoms with van der Waals surface area (Å²) in [7, 11) is 0. The molecule has 0 bridgehead atoms. The molecular formula is C22H22N4O2. The predicted octanol–water partition coefficient (Wildman–Crippen LogP) is 4.27. The SMILES string of the molecule is CC(=O)Nc1ccc(Nc2ccc(NC(=O)Cc3ccc(C)cc3)nc2)cc1. The van der Waals surface area contributed by atoms with Gasteiger partial charge in [0.15, 0.2) is 0 Å². The maximum absolute atomic E-state index is 12.2. The fourth-order valence-electron chi connectivity index (χ4n) is 2.63. The van der Waals surface area contributed by atoms with Crippen LogP contribution in [0.15, 0.2) is 66.9 Å². The van der Waals surface area contributed by atoms with Crippen LogP contribution in [0.5, 0.6) is 0 Å². The lowest BCUT2D eigenvalue weighted by Crippen LogP contribution is -2.15. The Morgan fingerprint density at radius 3 is 2.07 bits per heavy atom. The maximum Gasteiger partial charge on any atom is 0.229 e. The Morgan fingerprint density at radius 1 is 0.821 bits per heavy atom. The summed E-state index contributed by atoms with van der Waals surface area (Å²) in [5.74, 6) is 0.291. The highest BCUT2D eigenvalue weighted by atomic mass is 16.2. The molecule has 0 fully saturated rings. The number of carbonyl (C=O) groups excluding carboxylic acids is 2. The Bertz CT molecular complexity index is 949. The highest BCUT2D eigenvalue weighted by Gasteiger charge is 2.05. The summed E-state index contributed by atoms with van der Waals surface area (Å²) in [6.07, 6.45) is 1.96. The number of hydrogen-bond acceptors (Lipinski definition) is 4. The van der Waals surface area contributed by atoms with Gasteiger partial charge in [-0.1, -0.05) is 29.8 Å². The van der Waals surface area contributed by atoms with Gasteiger partial charge in [0.2, 0.25) is 11.8 Å². The molecule has 2 aromatic carbocycles. The number of nitrogens with zero attached hydrogens (tertiary/aromatic N) is 1. The normalized spacial score (nSPS) is 10.2. The lowest BCUT2D eigenvalue weighted by molar-refractivity contribution is -0.116. The van der Waals surface area contributed by atoms with Gasteiger partial charge in [-0.2, -0.15) is 0 Å². The monoisotopic (exact) mass is 374 g/mol. The highest BCUT2D eigenvalue weighted by Crippen LogP contribution is 2.19. The first kappa shape index (κ1) is 19.1. The van der Waals surface area contributed by atoms with Crippen LogP contribution in [-0.2, 0) is 16.0 Å². The van der Waals surface area contributed by atoms with Crippen LogP contribution in [0.25, 0.3) is 0 Å². The third-order valence-corrected chi connectivity index (χ3v) is 4.01. The van der Waals surface area contributed by atoms with Crippen molar-refractivity contribution < 1.29 is 9.59 Å². The fraction of sp³-hybridized carbons (Fsp3) is 0.136. The zero-order valence-corrected chi connectivity index (χ0v) is 15.8. The van der Waals surface area contributed by atoms with E-state index in [9.17, 15) is 9.59 Å². The average Bonchev–Trinajstić information content (AvgIpc) is 2.66. The number of anilines is 4. The van der Waals surface area contributed by atoms with E-state index >= 15 is 0 Å². The van der Waals surface area contributed by atoms with Crippen LogP contribution in [0.4, 0.5) is 22.9 Å². The quantitative estimate of drug-likeness (QED) is 0.602. The molecule has 6 heteroatoms. The van der Waals surface area contributed by atoms with Crippen molar-refractivity contribution in [1.29, 1.82) is 0 Å². The van der Waals surface area contributed by atoms with Crippen molar-refractivity contribution in [3.05, 3.63) is 78.0 Å². The Morgan fingerprint density at radius 2 is 1.46 bits per heavy atom. The third-order valence-electron chi connectivity index (χ3n) is 4.01.